The smallest absolute Gasteiger partial charge is 0.253 e. The van der Waals surface area contributed by atoms with Crippen LogP contribution in [0.25, 0.3) is 0 Å². The Morgan fingerprint density at radius 2 is 1.69 bits per heavy atom. The lowest BCUT2D eigenvalue weighted by molar-refractivity contribution is 0.0628. The van der Waals surface area contributed by atoms with Gasteiger partial charge in [0.15, 0.2) is 0 Å². The number of hydrogen-bond donors (Lipinski definition) is 1. The van der Waals surface area contributed by atoms with E-state index in [1.54, 1.807) is 24.5 Å². The highest BCUT2D eigenvalue weighted by atomic mass is 32.2. The van der Waals surface area contributed by atoms with E-state index >= 15 is 0 Å². The molecule has 2 heterocycles. The SMILES string of the molecule is CC[C@H](C)NS(=O)(=O)c1ccc(C(=O)N2CCN(Cc3ccncc3)CC2)cc1. The molecule has 1 aromatic carbocycles. The van der Waals surface area contributed by atoms with Crippen molar-refractivity contribution in [3.8, 4) is 0 Å². The van der Waals surface area contributed by atoms with Crippen molar-refractivity contribution >= 4 is 15.9 Å². The van der Waals surface area contributed by atoms with E-state index in [2.05, 4.69) is 14.6 Å². The van der Waals surface area contributed by atoms with E-state index in [1.807, 2.05) is 30.9 Å². The van der Waals surface area contributed by atoms with Crippen LogP contribution >= 0.6 is 0 Å². The first kappa shape index (κ1) is 21.4. The molecule has 1 aliphatic rings. The van der Waals surface area contributed by atoms with Gasteiger partial charge in [0.2, 0.25) is 10.0 Å². The average molecular weight is 417 g/mol. The van der Waals surface area contributed by atoms with E-state index in [1.165, 1.54) is 17.7 Å². The van der Waals surface area contributed by atoms with Gasteiger partial charge in [-0.25, -0.2) is 13.1 Å². The molecule has 1 amide bonds. The second-order valence-corrected chi connectivity index (χ2v) is 9.09. The first-order valence-electron chi connectivity index (χ1n) is 9.92. The summed E-state index contributed by atoms with van der Waals surface area (Å²) in [7, 11) is -3.56. The number of nitrogens with one attached hydrogen (secondary N) is 1. The van der Waals surface area contributed by atoms with Crippen LogP contribution in [0.2, 0.25) is 0 Å². The van der Waals surface area contributed by atoms with Gasteiger partial charge in [-0.1, -0.05) is 6.92 Å². The van der Waals surface area contributed by atoms with Crippen molar-refractivity contribution in [3.05, 3.63) is 59.9 Å². The minimum Gasteiger partial charge on any atom is -0.336 e. The number of sulfonamides is 1. The van der Waals surface area contributed by atoms with Crippen LogP contribution in [-0.4, -0.2) is 61.3 Å². The summed E-state index contributed by atoms with van der Waals surface area (Å²) < 4.78 is 27.3. The zero-order valence-electron chi connectivity index (χ0n) is 16.9. The summed E-state index contributed by atoms with van der Waals surface area (Å²) in [5.74, 6) is -0.0626. The van der Waals surface area contributed by atoms with E-state index in [9.17, 15) is 13.2 Å². The molecule has 0 aliphatic carbocycles. The number of nitrogens with zero attached hydrogens (tertiary/aromatic N) is 3. The molecular weight excluding hydrogens is 388 g/mol. The monoisotopic (exact) mass is 416 g/mol. The van der Waals surface area contributed by atoms with Crippen LogP contribution < -0.4 is 4.72 Å². The average Bonchev–Trinajstić information content (AvgIpc) is 2.74. The van der Waals surface area contributed by atoms with Crippen LogP contribution in [0.1, 0.15) is 36.2 Å². The minimum absolute atomic E-state index is 0.0626. The number of rotatable bonds is 7. The van der Waals surface area contributed by atoms with Crippen LogP contribution in [-0.2, 0) is 16.6 Å². The first-order chi connectivity index (χ1) is 13.9. The van der Waals surface area contributed by atoms with Crippen molar-refractivity contribution in [1.29, 1.82) is 0 Å². The third-order valence-corrected chi connectivity index (χ3v) is 6.80. The summed E-state index contributed by atoms with van der Waals surface area (Å²) in [6.45, 7) is 7.51. The van der Waals surface area contributed by atoms with Gasteiger partial charge in [0, 0.05) is 56.7 Å². The fraction of sp³-hybridized carbons (Fsp3) is 0.429. The molecule has 0 unspecified atom stereocenters. The molecule has 2 aromatic rings. The van der Waals surface area contributed by atoms with Crippen LogP contribution in [0.3, 0.4) is 0 Å². The number of benzene rings is 1. The molecule has 1 aliphatic heterocycles. The number of piperazine rings is 1. The molecular formula is C21H28N4O3S. The van der Waals surface area contributed by atoms with E-state index in [4.69, 9.17) is 0 Å². The fourth-order valence-corrected chi connectivity index (χ4v) is 4.56. The van der Waals surface area contributed by atoms with Crippen molar-refractivity contribution in [2.75, 3.05) is 26.2 Å². The quantitative estimate of drug-likeness (QED) is 0.748. The molecule has 29 heavy (non-hydrogen) atoms. The minimum atomic E-state index is -3.56. The predicted octanol–water partition coefficient (Wildman–Crippen LogP) is 2.12. The molecule has 0 radical (unpaired) electrons. The molecule has 3 rings (SSSR count). The molecule has 1 fully saturated rings. The molecule has 1 aromatic heterocycles. The Hall–Kier alpha value is -2.29. The molecule has 156 valence electrons. The zero-order valence-corrected chi connectivity index (χ0v) is 17.7. The first-order valence-corrected chi connectivity index (χ1v) is 11.4. The lowest BCUT2D eigenvalue weighted by Gasteiger charge is -2.34. The van der Waals surface area contributed by atoms with Gasteiger partial charge >= 0.3 is 0 Å². The number of carbonyl (C=O) groups is 1. The van der Waals surface area contributed by atoms with Crippen molar-refractivity contribution in [2.24, 2.45) is 0 Å². The normalized spacial score (nSPS) is 16.6. The summed E-state index contributed by atoms with van der Waals surface area (Å²) >= 11 is 0. The van der Waals surface area contributed by atoms with Crippen molar-refractivity contribution in [3.63, 3.8) is 0 Å². The molecule has 7 nitrogen and oxygen atoms in total. The Bertz CT molecular complexity index is 909. The number of carbonyl (C=O) groups excluding carboxylic acids is 1. The van der Waals surface area contributed by atoms with E-state index < -0.39 is 10.0 Å². The van der Waals surface area contributed by atoms with E-state index in [-0.39, 0.29) is 16.8 Å². The molecule has 1 N–H and O–H groups in total. The van der Waals surface area contributed by atoms with Crippen molar-refractivity contribution in [1.82, 2.24) is 19.5 Å². The van der Waals surface area contributed by atoms with Crippen LogP contribution in [0, 0.1) is 0 Å². The second kappa shape index (κ2) is 9.47. The second-order valence-electron chi connectivity index (χ2n) is 7.38. The molecule has 8 heteroatoms. The molecule has 0 spiro atoms. The van der Waals surface area contributed by atoms with Gasteiger partial charge in [-0.2, -0.15) is 0 Å². The van der Waals surface area contributed by atoms with Crippen LogP contribution in [0.15, 0.2) is 53.7 Å². The maximum atomic E-state index is 12.8. The van der Waals surface area contributed by atoms with Crippen molar-refractivity contribution in [2.45, 2.75) is 37.8 Å². The van der Waals surface area contributed by atoms with Gasteiger partial charge in [-0.3, -0.25) is 14.7 Å². The highest BCUT2D eigenvalue weighted by Gasteiger charge is 2.23. The van der Waals surface area contributed by atoms with Gasteiger partial charge < -0.3 is 4.90 Å². The van der Waals surface area contributed by atoms with Gasteiger partial charge in [-0.15, -0.1) is 0 Å². The lowest BCUT2D eigenvalue weighted by atomic mass is 10.1. The van der Waals surface area contributed by atoms with Gasteiger partial charge in [0.25, 0.3) is 5.91 Å². The van der Waals surface area contributed by atoms with E-state index in [0.717, 1.165) is 19.6 Å². The van der Waals surface area contributed by atoms with Crippen molar-refractivity contribution < 1.29 is 13.2 Å². The summed E-state index contributed by atoms with van der Waals surface area (Å²) in [6.07, 6.45) is 4.29. The summed E-state index contributed by atoms with van der Waals surface area (Å²) in [5, 5.41) is 0. The van der Waals surface area contributed by atoms with Gasteiger partial charge in [0.05, 0.1) is 4.90 Å². The highest BCUT2D eigenvalue weighted by Crippen LogP contribution is 2.15. The molecule has 0 saturated carbocycles. The number of hydrogen-bond acceptors (Lipinski definition) is 5. The highest BCUT2D eigenvalue weighted by molar-refractivity contribution is 7.89. The maximum Gasteiger partial charge on any atom is 0.253 e. The van der Waals surface area contributed by atoms with Gasteiger partial charge in [-0.05, 0) is 55.3 Å². The van der Waals surface area contributed by atoms with Crippen LogP contribution in [0.5, 0.6) is 0 Å². The lowest BCUT2D eigenvalue weighted by Crippen LogP contribution is -2.48. The third-order valence-electron chi connectivity index (χ3n) is 5.20. The number of amides is 1. The Morgan fingerprint density at radius 1 is 1.07 bits per heavy atom. The Kier molecular flexibility index (Phi) is 7.00. The van der Waals surface area contributed by atoms with Gasteiger partial charge in [0.1, 0.15) is 0 Å². The van der Waals surface area contributed by atoms with E-state index in [0.29, 0.717) is 25.1 Å². The summed E-state index contributed by atoms with van der Waals surface area (Å²) in [6, 6.07) is 10.1. The number of pyridine rings is 1. The predicted molar refractivity (Wildman–Crippen MR) is 112 cm³/mol. The molecule has 1 saturated heterocycles. The van der Waals surface area contributed by atoms with Crippen LogP contribution in [0.4, 0.5) is 0 Å². The fourth-order valence-electron chi connectivity index (χ4n) is 3.23. The molecule has 1 atom stereocenters. The Morgan fingerprint density at radius 3 is 2.28 bits per heavy atom. The molecule has 0 bridgehead atoms. The maximum absolute atomic E-state index is 12.8. The Balaban J connectivity index is 1.57. The zero-order chi connectivity index (χ0) is 20.9. The largest absolute Gasteiger partial charge is 0.336 e. The Labute approximate surface area is 172 Å². The third kappa shape index (κ3) is 5.62. The number of aromatic nitrogens is 1. The summed E-state index contributed by atoms with van der Waals surface area (Å²) in [4.78, 5) is 21.1. The topological polar surface area (TPSA) is 82.6 Å². The summed E-state index contributed by atoms with van der Waals surface area (Å²) in [5.41, 5.74) is 1.72. The standard InChI is InChI=1S/C21H28N4O3S/c1-3-17(2)23-29(27,28)20-6-4-19(5-7-20)21(26)25-14-12-24(13-15-25)16-18-8-10-22-11-9-18/h4-11,17,23H,3,12-16H2,1-2H3/t17-/m0/s1.